The van der Waals surface area contributed by atoms with Gasteiger partial charge in [-0.25, -0.2) is 12.7 Å². The Balaban J connectivity index is 1.77. The van der Waals surface area contributed by atoms with E-state index < -0.39 is 10.0 Å². The zero-order valence-corrected chi connectivity index (χ0v) is 15.4. The standard InChI is InChI=1S/C17H23N3O4S/c1-19(2)25(22,23)11-12-9-24-10-15(12)18-17(21)14-5-4-6-16-13(14)7-8-20(16)3/h4-8,12,15H,9-11H2,1-3H3,(H,18,21)/t12-,15-/m0/s1. The molecule has 0 unspecified atom stereocenters. The van der Waals surface area contributed by atoms with Crippen LogP contribution in [0.3, 0.4) is 0 Å². The fourth-order valence-electron chi connectivity index (χ4n) is 3.09. The van der Waals surface area contributed by atoms with Crippen molar-refractivity contribution < 1.29 is 17.9 Å². The predicted octanol–water partition coefficient (Wildman–Crippen LogP) is 0.815. The molecule has 136 valence electrons. The fourth-order valence-corrected chi connectivity index (χ4v) is 4.26. The zero-order valence-electron chi connectivity index (χ0n) is 14.6. The van der Waals surface area contributed by atoms with Crippen LogP contribution < -0.4 is 5.32 Å². The van der Waals surface area contributed by atoms with Gasteiger partial charge in [-0.05, 0) is 18.2 Å². The van der Waals surface area contributed by atoms with Crippen molar-refractivity contribution in [3.05, 3.63) is 36.0 Å². The molecular weight excluding hydrogens is 342 g/mol. The van der Waals surface area contributed by atoms with Crippen LogP contribution in [0.5, 0.6) is 0 Å². The highest BCUT2D eigenvalue weighted by molar-refractivity contribution is 7.89. The third kappa shape index (κ3) is 3.56. The summed E-state index contributed by atoms with van der Waals surface area (Å²) in [5.74, 6) is -0.508. The van der Waals surface area contributed by atoms with E-state index in [4.69, 9.17) is 4.74 Å². The average molecular weight is 365 g/mol. The van der Waals surface area contributed by atoms with E-state index in [0.717, 1.165) is 10.9 Å². The van der Waals surface area contributed by atoms with E-state index in [1.807, 2.05) is 36.0 Å². The predicted molar refractivity (Wildman–Crippen MR) is 96.0 cm³/mol. The van der Waals surface area contributed by atoms with Gasteiger partial charge in [0.05, 0.1) is 25.0 Å². The van der Waals surface area contributed by atoms with Gasteiger partial charge in [0.2, 0.25) is 10.0 Å². The molecule has 3 rings (SSSR count). The molecule has 0 saturated carbocycles. The van der Waals surface area contributed by atoms with Crippen molar-refractivity contribution in [2.45, 2.75) is 6.04 Å². The topological polar surface area (TPSA) is 80.6 Å². The number of hydrogen-bond donors (Lipinski definition) is 1. The minimum atomic E-state index is -3.35. The third-order valence-corrected chi connectivity index (χ3v) is 6.63. The molecule has 2 atom stereocenters. The van der Waals surface area contributed by atoms with Crippen molar-refractivity contribution >= 4 is 26.8 Å². The number of nitrogens with one attached hydrogen (secondary N) is 1. The van der Waals surface area contributed by atoms with E-state index >= 15 is 0 Å². The lowest BCUT2D eigenvalue weighted by Gasteiger charge is -2.21. The van der Waals surface area contributed by atoms with Crippen molar-refractivity contribution in [3.63, 3.8) is 0 Å². The summed E-state index contributed by atoms with van der Waals surface area (Å²) in [5.41, 5.74) is 1.56. The van der Waals surface area contributed by atoms with Gasteiger partial charge in [-0.3, -0.25) is 4.79 Å². The maximum absolute atomic E-state index is 12.7. The summed E-state index contributed by atoms with van der Waals surface area (Å²) in [6.07, 6.45) is 1.91. The summed E-state index contributed by atoms with van der Waals surface area (Å²) >= 11 is 0. The van der Waals surface area contributed by atoms with Crippen LogP contribution in [0.1, 0.15) is 10.4 Å². The van der Waals surface area contributed by atoms with Crippen LogP contribution in [0, 0.1) is 5.92 Å². The number of fused-ring (bicyclic) bond motifs is 1. The first-order chi connectivity index (χ1) is 11.8. The molecule has 1 aromatic heterocycles. The number of ether oxygens (including phenoxy) is 1. The molecule has 1 amide bonds. The number of amides is 1. The molecule has 8 heteroatoms. The minimum absolute atomic E-state index is 0.0412. The van der Waals surface area contributed by atoms with Crippen LogP contribution in [-0.2, 0) is 21.8 Å². The number of carbonyl (C=O) groups is 1. The number of nitrogens with zero attached hydrogens (tertiary/aromatic N) is 2. The lowest BCUT2D eigenvalue weighted by Crippen LogP contribution is -2.43. The van der Waals surface area contributed by atoms with E-state index in [-0.39, 0.29) is 23.6 Å². The molecule has 1 aromatic carbocycles. The normalized spacial score (nSPS) is 21.1. The van der Waals surface area contributed by atoms with Crippen molar-refractivity contribution in [2.24, 2.45) is 13.0 Å². The summed E-state index contributed by atoms with van der Waals surface area (Å²) in [4.78, 5) is 12.7. The van der Waals surface area contributed by atoms with E-state index in [2.05, 4.69) is 5.32 Å². The summed E-state index contributed by atoms with van der Waals surface area (Å²) in [7, 11) is 1.60. The highest BCUT2D eigenvalue weighted by atomic mass is 32.2. The number of carbonyl (C=O) groups excluding carboxylic acids is 1. The van der Waals surface area contributed by atoms with Crippen molar-refractivity contribution in [3.8, 4) is 0 Å². The van der Waals surface area contributed by atoms with Crippen molar-refractivity contribution in [2.75, 3.05) is 33.1 Å². The first-order valence-electron chi connectivity index (χ1n) is 8.12. The smallest absolute Gasteiger partial charge is 0.252 e. The van der Waals surface area contributed by atoms with Gasteiger partial charge in [0.15, 0.2) is 0 Å². The highest BCUT2D eigenvalue weighted by Crippen LogP contribution is 2.21. The average Bonchev–Trinajstić information content (AvgIpc) is 3.14. The Kier molecular flexibility index (Phi) is 4.86. The SMILES string of the molecule is CN(C)S(=O)(=O)C[C@@H]1COC[C@@H]1NC(=O)c1cccc2c1ccn2C. The molecule has 2 aromatic rings. The van der Waals surface area contributed by atoms with Gasteiger partial charge in [0.25, 0.3) is 5.91 Å². The van der Waals surface area contributed by atoms with E-state index in [9.17, 15) is 13.2 Å². The first-order valence-corrected chi connectivity index (χ1v) is 9.73. The molecule has 1 aliphatic rings. The second kappa shape index (κ2) is 6.78. The van der Waals surface area contributed by atoms with Gasteiger partial charge in [-0.1, -0.05) is 6.07 Å². The molecule has 0 spiro atoms. The van der Waals surface area contributed by atoms with Crippen molar-refractivity contribution in [1.82, 2.24) is 14.2 Å². The van der Waals surface area contributed by atoms with Crippen LogP contribution in [0.2, 0.25) is 0 Å². The molecule has 7 nitrogen and oxygen atoms in total. The molecule has 0 bridgehead atoms. The number of benzene rings is 1. The molecular formula is C17H23N3O4S. The number of rotatable bonds is 5. The Morgan fingerprint density at radius 3 is 2.80 bits per heavy atom. The quantitative estimate of drug-likeness (QED) is 0.850. The number of aromatic nitrogens is 1. The molecule has 1 fully saturated rings. The maximum atomic E-state index is 12.7. The summed E-state index contributed by atoms with van der Waals surface area (Å²) < 4.78 is 32.8. The van der Waals surface area contributed by atoms with Crippen LogP contribution >= 0.6 is 0 Å². The lowest BCUT2D eigenvalue weighted by atomic mass is 10.0. The molecule has 2 heterocycles. The Labute approximate surface area is 147 Å². The Morgan fingerprint density at radius 2 is 2.08 bits per heavy atom. The van der Waals surface area contributed by atoms with Crippen LogP contribution in [-0.4, -0.2) is 62.3 Å². The zero-order chi connectivity index (χ0) is 18.2. The Morgan fingerprint density at radius 1 is 1.32 bits per heavy atom. The minimum Gasteiger partial charge on any atom is -0.379 e. The van der Waals surface area contributed by atoms with Gasteiger partial charge >= 0.3 is 0 Å². The highest BCUT2D eigenvalue weighted by Gasteiger charge is 2.34. The summed E-state index contributed by atoms with van der Waals surface area (Å²) in [6.45, 7) is 0.650. The Bertz CT molecular complexity index is 888. The molecule has 1 N–H and O–H groups in total. The van der Waals surface area contributed by atoms with Crippen LogP contribution in [0.15, 0.2) is 30.5 Å². The Hall–Kier alpha value is -1.90. The van der Waals surface area contributed by atoms with Gasteiger partial charge < -0.3 is 14.6 Å². The molecule has 25 heavy (non-hydrogen) atoms. The van der Waals surface area contributed by atoms with E-state index in [1.54, 1.807) is 6.07 Å². The van der Waals surface area contributed by atoms with Gasteiger partial charge in [-0.15, -0.1) is 0 Å². The second-order valence-electron chi connectivity index (χ2n) is 6.60. The first kappa shape index (κ1) is 17.9. The van der Waals surface area contributed by atoms with E-state index in [1.165, 1.54) is 18.4 Å². The maximum Gasteiger partial charge on any atom is 0.252 e. The fraction of sp³-hybridized carbons (Fsp3) is 0.471. The van der Waals surface area contributed by atoms with Crippen molar-refractivity contribution in [1.29, 1.82) is 0 Å². The van der Waals surface area contributed by atoms with Gasteiger partial charge in [0.1, 0.15) is 0 Å². The monoisotopic (exact) mass is 365 g/mol. The third-order valence-electron chi connectivity index (χ3n) is 4.67. The van der Waals surface area contributed by atoms with Crippen LogP contribution in [0.25, 0.3) is 10.9 Å². The lowest BCUT2D eigenvalue weighted by molar-refractivity contribution is 0.0927. The summed E-state index contributed by atoms with van der Waals surface area (Å²) in [5, 5.41) is 3.83. The molecule has 1 aliphatic heterocycles. The van der Waals surface area contributed by atoms with Gasteiger partial charge in [-0.2, -0.15) is 0 Å². The summed E-state index contributed by atoms with van der Waals surface area (Å²) in [6, 6.07) is 7.16. The molecule has 1 saturated heterocycles. The second-order valence-corrected chi connectivity index (χ2v) is 8.83. The van der Waals surface area contributed by atoms with Crippen LogP contribution in [0.4, 0.5) is 0 Å². The molecule has 0 radical (unpaired) electrons. The largest absolute Gasteiger partial charge is 0.379 e. The molecule has 0 aliphatic carbocycles. The van der Waals surface area contributed by atoms with E-state index in [0.29, 0.717) is 18.8 Å². The number of hydrogen-bond acceptors (Lipinski definition) is 4. The number of aryl methyl sites for hydroxylation is 1. The number of sulfonamides is 1. The van der Waals surface area contributed by atoms with Gasteiger partial charge in [0, 0.05) is 49.7 Å².